The van der Waals surface area contributed by atoms with Crippen LogP contribution in [0.1, 0.15) is 74.1 Å². The van der Waals surface area contributed by atoms with Crippen molar-refractivity contribution in [2.24, 2.45) is 17.2 Å². The Balaban J connectivity index is 1.66. The molecule has 15 nitrogen and oxygen atoms in total. The number of primary amides is 1. The van der Waals surface area contributed by atoms with Gasteiger partial charge < -0.3 is 47.0 Å². The third-order valence-electron chi connectivity index (χ3n) is 11.2. The Hall–Kier alpha value is -6.42. The molecule has 4 rings (SSSR count). The molecule has 0 saturated heterocycles. The molecule has 0 saturated carbocycles. The van der Waals surface area contributed by atoms with E-state index in [9.17, 15) is 28.8 Å². The lowest BCUT2D eigenvalue weighted by Gasteiger charge is -2.36. The molecule has 4 aromatic carbocycles. The highest BCUT2D eigenvalue weighted by molar-refractivity contribution is 5.92. The van der Waals surface area contributed by atoms with Crippen LogP contribution in [0.15, 0.2) is 121 Å². The van der Waals surface area contributed by atoms with E-state index in [4.69, 9.17) is 17.2 Å². The zero-order valence-electron chi connectivity index (χ0n) is 36.8. The molecule has 4 aromatic rings. The van der Waals surface area contributed by atoms with Crippen molar-refractivity contribution < 1.29 is 28.8 Å². The zero-order valence-corrected chi connectivity index (χ0v) is 36.8. The van der Waals surface area contributed by atoms with Crippen LogP contribution in [0.5, 0.6) is 0 Å². The summed E-state index contributed by atoms with van der Waals surface area (Å²) in [6.07, 6.45) is 0. The van der Waals surface area contributed by atoms with E-state index in [0.717, 1.165) is 22.3 Å². The monoisotopic (exact) mass is 861 g/mol. The van der Waals surface area contributed by atoms with Gasteiger partial charge in [-0.05, 0) is 49.9 Å². The molecule has 6 amide bonds. The summed E-state index contributed by atoms with van der Waals surface area (Å²) in [5.74, 6) is -3.16. The molecule has 0 heterocycles. The smallest absolute Gasteiger partial charge is 0.243 e. The summed E-state index contributed by atoms with van der Waals surface area (Å²) in [6.45, 7) is 5.81. The second-order valence-electron chi connectivity index (χ2n) is 15.5. The molecule has 0 radical (unpaired) electrons. The van der Waals surface area contributed by atoms with Crippen molar-refractivity contribution in [1.29, 1.82) is 0 Å². The van der Waals surface area contributed by atoms with Gasteiger partial charge in [0.2, 0.25) is 35.4 Å². The number of carbonyl (C=O) groups excluding carboxylic acids is 6. The normalized spacial score (nSPS) is 12.9. The lowest BCUT2D eigenvalue weighted by atomic mass is 10.1. The average molecular weight is 862 g/mol. The third-order valence-corrected chi connectivity index (χ3v) is 11.2. The Morgan fingerprint density at radius 3 is 1.10 bits per heavy atom. The van der Waals surface area contributed by atoms with Crippen LogP contribution in [0.25, 0.3) is 0 Å². The molecule has 63 heavy (non-hydrogen) atoms. The molecular formula is C48H63N9O6. The molecule has 15 heteroatoms. The summed E-state index contributed by atoms with van der Waals surface area (Å²) in [5, 5.41) is 3.02. The minimum absolute atomic E-state index is 0.00201. The second-order valence-corrected chi connectivity index (χ2v) is 15.5. The van der Waals surface area contributed by atoms with Crippen molar-refractivity contribution in [3.05, 3.63) is 144 Å². The summed E-state index contributed by atoms with van der Waals surface area (Å²) in [7, 11) is 0. The van der Waals surface area contributed by atoms with Gasteiger partial charge in [0.25, 0.3) is 0 Å². The first-order valence-electron chi connectivity index (χ1n) is 21.3. The Kier molecular flexibility index (Phi) is 19.4. The van der Waals surface area contributed by atoms with Gasteiger partial charge in [-0.15, -0.1) is 0 Å². The van der Waals surface area contributed by atoms with Crippen LogP contribution in [0.3, 0.4) is 0 Å². The fraction of sp³-hybridized carbons (Fsp3) is 0.375. The molecule has 0 bridgehead atoms. The van der Waals surface area contributed by atoms with Gasteiger partial charge in [0, 0.05) is 26.2 Å². The summed E-state index contributed by atoms with van der Waals surface area (Å²) in [4.78, 5) is 90.8. The Morgan fingerprint density at radius 2 is 0.762 bits per heavy atom. The predicted octanol–water partition coefficient (Wildman–Crippen LogP) is 3.17. The summed E-state index contributed by atoms with van der Waals surface area (Å²) >= 11 is 0. The van der Waals surface area contributed by atoms with Gasteiger partial charge >= 0.3 is 0 Å². The maximum Gasteiger partial charge on any atom is 0.243 e. The topological polar surface area (TPSA) is 209 Å². The summed E-state index contributed by atoms with van der Waals surface area (Å²) < 4.78 is 0. The molecule has 0 aliphatic rings. The van der Waals surface area contributed by atoms with Crippen LogP contribution >= 0.6 is 0 Å². The Morgan fingerprint density at radius 1 is 0.444 bits per heavy atom. The Bertz CT molecular complexity index is 2080. The van der Waals surface area contributed by atoms with Gasteiger partial charge in [0.1, 0.15) is 19.6 Å². The molecule has 336 valence electrons. The van der Waals surface area contributed by atoms with Crippen molar-refractivity contribution in [3.63, 3.8) is 0 Å². The number of hydrogen-bond acceptors (Lipinski definition) is 9. The largest absolute Gasteiger partial charge is 0.368 e. The van der Waals surface area contributed by atoms with Crippen molar-refractivity contribution in [2.75, 3.05) is 65.4 Å². The number of nitrogens with two attached hydrogens (primary N) is 3. The fourth-order valence-corrected chi connectivity index (χ4v) is 7.40. The molecule has 0 fully saturated rings. The number of amides is 6. The second kappa shape index (κ2) is 24.9. The fourth-order valence-electron chi connectivity index (χ4n) is 7.40. The van der Waals surface area contributed by atoms with Gasteiger partial charge in [-0.25, -0.2) is 0 Å². The van der Waals surface area contributed by atoms with Crippen molar-refractivity contribution in [1.82, 2.24) is 29.8 Å². The summed E-state index contributed by atoms with van der Waals surface area (Å²) in [5.41, 5.74) is 20.4. The van der Waals surface area contributed by atoms with Crippen LogP contribution in [-0.4, -0.2) is 125 Å². The standard InChI is InChI=1S/C48H63N9O6/c1-35(39-17-9-5-10-18-39)54(30-43(51)58)47(62)34-57(38(4)42-23-15-8-16-24-42)46(61)31-53(28-26-50)45(60)32-56(37(3)41-21-13-7-14-22-41)48(63)33-55(44(59)29-52-27-25-49)36(2)40-19-11-6-12-20-40/h5-24,35-38,52H,25-34,49-50H2,1-4H3,(H2,51,58)/t35-,36-,37-,38-/m0/s1. The van der Waals surface area contributed by atoms with Crippen LogP contribution in [-0.2, 0) is 28.8 Å². The number of benzene rings is 4. The summed E-state index contributed by atoms with van der Waals surface area (Å²) in [6, 6.07) is 34.6. The van der Waals surface area contributed by atoms with Gasteiger partial charge in [0.05, 0.1) is 43.8 Å². The molecule has 0 unspecified atom stereocenters. The molecule has 0 aromatic heterocycles. The zero-order chi connectivity index (χ0) is 45.9. The highest BCUT2D eigenvalue weighted by Crippen LogP contribution is 2.26. The van der Waals surface area contributed by atoms with Crippen LogP contribution in [0.4, 0.5) is 0 Å². The maximum atomic E-state index is 14.6. The van der Waals surface area contributed by atoms with Gasteiger partial charge in [-0.3, -0.25) is 28.8 Å². The van der Waals surface area contributed by atoms with E-state index in [-0.39, 0.29) is 38.6 Å². The number of carbonyl (C=O) groups is 6. The third kappa shape index (κ3) is 14.3. The van der Waals surface area contributed by atoms with Crippen molar-refractivity contribution in [2.45, 2.75) is 51.9 Å². The van der Waals surface area contributed by atoms with Crippen LogP contribution in [0, 0.1) is 0 Å². The number of nitrogens with zero attached hydrogens (tertiary/aromatic N) is 5. The molecule has 4 atom stereocenters. The first-order valence-corrected chi connectivity index (χ1v) is 21.3. The van der Waals surface area contributed by atoms with Gasteiger partial charge in [-0.1, -0.05) is 121 Å². The highest BCUT2D eigenvalue weighted by Gasteiger charge is 2.34. The van der Waals surface area contributed by atoms with E-state index in [1.165, 1.54) is 24.5 Å². The number of rotatable bonds is 24. The van der Waals surface area contributed by atoms with Crippen molar-refractivity contribution in [3.8, 4) is 0 Å². The SMILES string of the molecule is C[C@@H](c1ccccc1)N(CC(N)=O)C(=O)CN(C(=O)CN(CCN)C(=O)CN(C(=O)CN(C(=O)CNCCN)[C@@H](C)c1ccccc1)[C@@H](C)c1ccccc1)[C@@H](C)c1ccccc1. The lowest BCUT2D eigenvalue weighted by molar-refractivity contribution is -0.150. The van der Waals surface area contributed by atoms with E-state index in [1.54, 1.807) is 20.8 Å². The predicted molar refractivity (Wildman–Crippen MR) is 243 cm³/mol. The first kappa shape index (κ1) is 49.2. The number of hydrogen-bond donors (Lipinski definition) is 4. The molecule has 0 spiro atoms. The van der Waals surface area contributed by atoms with Gasteiger partial charge in [0.15, 0.2) is 0 Å². The molecular weight excluding hydrogens is 799 g/mol. The molecule has 7 N–H and O–H groups in total. The van der Waals surface area contributed by atoms with E-state index < -0.39 is 73.3 Å². The van der Waals surface area contributed by atoms with E-state index >= 15 is 0 Å². The Labute approximate surface area is 371 Å². The lowest BCUT2D eigenvalue weighted by Crippen LogP contribution is -2.53. The average Bonchev–Trinajstić information content (AvgIpc) is 3.30. The minimum Gasteiger partial charge on any atom is -0.368 e. The van der Waals surface area contributed by atoms with E-state index in [1.807, 2.05) is 128 Å². The highest BCUT2D eigenvalue weighted by atomic mass is 16.2. The van der Waals surface area contributed by atoms with Crippen molar-refractivity contribution >= 4 is 35.4 Å². The molecule has 0 aliphatic carbocycles. The maximum absolute atomic E-state index is 14.6. The van der Waals surface area contributed by atoms with E-state index in [2.05, 4.69) is 5.32 Å². The minimum atomic E-state index is -0.714. The quantitative estimate of drug-likeness (QED) is 0.0763. The van der Waals surface area contributed by atoms with E-state index in [0.29, 0.717) is 13.1 Å². The van der Waals surface area contributed by atoms with Crippen LogP contribution in [0.2, 0.25) is 0 Å². The van der Waals surface area contributed by atoms with Crippen LogP contribution < -0.4 is 22.5 Å². The number of nitrogens with one attached hydrogen (secondary N) is 1. The first-order chi connectivity index (χ1) is 30.3. The van der Waals surface area contributed by atoms with Gasteiger partial charge in [-0.2, -0.15) is 0 Å². The molecule has 0 aliphatic heterocycles.